The molecule has 0 saturated heterocycles. The molecule has 4 heteroatoms. The third-order valence-corrected chi connectivity index (χ3v) is 2.77. The maximum absolute atomic E-state index is 7.63. The van der Waals surface area contributed by atoms with Gasteiger partial charge in [0.15, 0.2) is 0 Å². The van der Waals surface area contributed by atoms with Crippen molar-refractivity contribution in [3.05, 3.63) is 54.4 Å². The third kappa shape index (κ3) is 2.32. The van der Waals surface area contributed by atoms with E-state index >= 15 is 0 Å². The zero-order chi connectivity index (χ0) is 13.0. The number of nitrogens with one attached hydrogen (secondary N) is 1. The number of rotatable bonds is 4. The second-order valence-electron chi connectivity index (χ2n) is 3.89. The molecule has 3 N–H and O–H groups in total. The summed E-state index contributed by atoms with van der Waals surface area (Å²) in [6, 6.07) is 11.8. The Kier molecular flexibility index (Phi) is 3.57. The van der Waals surface area contributed by atoms with Gasteiger partial charge in [-0.2, -0.15) is 0 Å². The highest BCUT2D eigenvalue weighted by atomic mass is 15.1. The lowest BCUT2D eigenvalue weighted by Gasteiger charge is -2.25. The van der Waals surface area contributed by atoms with Crippen LogP contribution in [0.25, 0.3) is 0 Å². The first-order chi connectivity index (χ1) is 8.74. The quantitative estimate of drug-likeness (QED) is 0.637. The highest BCUT2D eigenvalue weighted by Gasteiger charge is 2.13. The Labute approximate surface area is 107 Å². The SMILES string of the molecule is CCN(c1ccccc1)c1cnccc1C(=N)N. The lowest BCUT2D eigenvalue weighted by atomic mass is 10.1. The number of aromatic nitrogens is 1. The average Bonchev–Trinajstić information content (AvgIpc) is 2.41. The maximum atomic E-state index is 7.63. The molecule has 0 bridgehead atoms. The van der Waals surface area contributed by atoms with Crippen molar-refractivity contribution in [1.82, 2.24) is 4.98 Å². The number of anilines is 2. The van der Waals surface area contributed by atoms with Crippen LogP contribution in [0.3, 0.4) is 0 Å². The smallest absolute Gasteiger partial charge is 0.125 e. The maximum Gasteiger partial charge on any atom is 0.125 e. The topological polar surface area (TPSA) is 66.0 Å². The van der Waals surface area contributed by atoms with Crippen LogP contribution in [0.1, 0.15) is 12.5 Å². The number of nitrogens with two attached hydrogens (primary N) is 1. The highest BCUT2D eigenvalue weighted by molar-refractivity contribution is 6.01. The predicted molar refractivity (Wildman–Crippen MR) is 74.4 cm³/mol. The lowest BCUT2D eigenvalue weighted by molar-refractivity contribution is 1.01. The first-order valence-corrected chi connectivity index (χ1v) is 5.85. The van der Waals surface area contributed by atoms with Crippen LogP contribution >= 0.6 is 0 Å². The standard InChI is InChI=1S/C14H16N4/c1-2-18(11-6-4-3-5-7-11)13-10-17-9-8-12(13)14(15)16/h3-10H,2H2,1H3,(H3,15,16). The number of hydrogen-bond donors (Lipinski definition) is 2. The summed E-state index contributed by atoms with van der Waals surface area (Å²) in [6.45, 7) is 2.85. The molecule has 92 valence electrons. The fraction of sp³-hybridized carbons (Fsp3) is 0.143. The molecule has 0 aliphatic carbocycles. The molecule has 0 radical (unpaired) electrons. The molecule has 0 amide bonds. The Balaban J connectivity index is 2.49. The normalized spacial score (nSPS) is 10.1. The van der Waals surface area contributed by atoms with Gasteiger partial charge in [-0.05, 0) is 25.1 Å². The van der Waals surface area contributed by atoms with Crippen molar-refractivity contribution in [2.45, 2.75) is 6.92 Å². The van der Waals surface area contributed by atoms with E-state index in [1.54, 1.807) is 18.5 Å². The van der Waals surface area contributed by atoms with Gasteiger partial charge in [0.05, 0.1) is 11.9 Å². The molecule has 2 rings (SSSR count). The number of pyridine rings is 1. The van der Waals surface area contributed by atoms with E-state index in [9.17, 15) is 0 Å². The summed E-state index contributed by atoms with van der Waals surface area (Å²) in [4.78, 5) is 6.22. The molecule has 18 heavy (non-hydrogen) atoms. The number of benzene rings is 1. The Morgan fingerprint density at radius 3 is 2.61 bits per heavy atom. The summed E-state index contributed by atoms with van der Waals surface area (Å²) in [7, 11) is 0. The van der Waals surface area contributed by atoms with E-state index in [0.29, 0.717) is 5.56 Å². The van der Waals surface area contributed by atoms with Crippen LogP contribution in [0, 0.1) is 5.41 Å². The van der Waals surface area contributed by atoms with E-state index in [-0.39, 0.29) is 5.84 Å². The van der Waals surface area contributed by atoms with Crippen LogP contribution in [-0.2, 0) is 0 Å². The Morgan fingerprint density at radius 2 is 2.00 bits per heavy atom. The molecule has 0 spiro atoms. The van der Waals surface area contributed by atoms with Crippen molar-refractivity contribution in [1.29, 1.82) is 5.41 Å². The molecule has 0 atom stereocenters. The van der Waals surface area contributed by atoms with Gasteiger partial charge in [0.2, 0.25) is 0 Å². The summed E-state index contributed by atoms with van der Waals surface area (Å²) >= 11 is 0. The minimum atomic E-state index is 0.0572. The third-order valence-electron chi connectivity index (χ3n) is 2.77. The molecular weight excluding hydrogens is 224 g/mol. The van der Waals surface area contributed by atoms with Gasteiger partial charge in [0, 0.05) is 24.0 Å². The second kappa shape index (κ2) is 5.31. The average molecular weight is 240 g/mol. The van der Waals surface area contributed by atoms with Crippen LogP contribution in [0.4, 0.5) is 11.4 Å². The van der Waals surface area contributed by atoms with E-state index in [4.69, 9.17) is 11.1 Å². The minimum Gasteiger partial charge on any atom is -0.384 e. The van der Waals surface area contributed by atoms with Crippen molar-refractivity contribution >= 4 is 17.2 Å². The molecule has 0 aliphatic heterocycles. The van der Waals surface area contributed by atoms with Gasteiger partial charge in [-0.15, -0.1) is 0 Å². The van der Waals surface area contributed by atoms with Crippen molar-refractivity contribution in [3.63, 3.8) is 0 Å². The molecule has 2 aromatic rings. The first kappa shape index (κ1) is 12.1. The largest absolute Gasteiger partial charge is 0.384 e. The fourth-order valence-electron chi connectivity index (χ4n) is 1.93. The molecule has 1 aromatic heterocycles. The molecule has 0 unspecified atom stereocenters. The zero-order valence-electron chi connectivity index (χ0n) is 10.3. The van der Waals surface area contributed by atoms with Crippen molar-refractivity contribution in [2.24, 2.45) is 5.73 Å². The summed E-state index contributed by atoms with van der Waals surface area (Å²) in [5.41, 5.74) is 8.24. The van der Waals surface area contributed by atoms with Crippen LogP contribution in [-0.4, -0.2) is 17.4 Å². The zero-order valence-corrected chi connectivity index (χ0v) is 10.3. The Hall–Kier alpha value is -2.36. The number of nitrogen functional groups attached to an aromatic ring is 1. The van der Waals surface area contributed by atoms with Gasteiger partial charge in [-0.1, -0.05) is 18.2 Å². The molecule has 1 heterocycles. The summed E-state index contributed by atoms with van der Waals surface area (Å²) in [6.07, 6.45) is 3.40. The second-order valence-corrected chi connectivity index (χ2v) is 3.89. The molecule has 1 aromatic carbocycles. The van der Waals surface area contributed by atoms with Crippen LogP contribution < -0.4 is 10.6 Å². The van der Waals surface area contributed by atoms with Gasteiger partial charge >= 0.3 is 0 Å². The first-order valence-electron chi connectivity index (χ1n) is 5.85. The summed E-state index contributed by atoms with van der Waals surface area (Å²) in [5.74, 6) is 0.0572. The van der Waals surface area contributed by atoms with Gasteiger partial charge in [0.25, 0.3) is 0 Å². The van der Waals surface area contributed by atoms with Crippen molar-refractivity contribution in [2.75, 3.05) is 11.4 Å². The summed E-state index contributed by atoms with van der Waals surface area (Å²) < 4.78 is 0. The Morgan fingerprint density at radius 1 is 1.28 bits per heavy atom. The van der Waals surface area contributed by atoms with E-state index in [1.165, 1.54) is 0 Å². The van der Waals surface area contributed by atoms with E-state index in [2.05, 4.69) is 16.8 Å². The van der Waals surface area contributed by atoms with E-state index in [0.717, 1.165) is 17.9 Å². The van der Waals surface area contributed by atoms with Crippen molar-refractivity contribution in [3.8, 4) is 0 Å². The number of para-hydroxylation sites is 1. The fourth-order valence-corrected chi connectivity index (χ4v) is 1.93. The molecule has 0 aliphatic rings. The van der Waals surface area contributed by atoms with Gasteiger partial charge in [0.1, 0.15) is 5.84 Å². The minimum absolute atomic E-state index is 0.0572. The summed E-state index contributed by atoms with van der Waals surface area (Å²) in [5, 5.41) is 7.63. The number of hydrogen-bond acceptors (Lipinski definition) is 3. The van der Waals surface area contributed by atoms with Gasteiger partial charge < -0.3 is 10.6 Å². The molecule has 0 saturated carbocycles. The predicted octanol–water partition coefficient (Wildman–Crippen LogP) is 2.52. The van der Waals surface area contributed by atoms with E-state index < -0.39 is 0 Å². The van der Waals surface area contributed by atoms with Crippen LogP contribution in [0.5, 0.6) is 0 Å². The van der Waals surface area contributed by atoms with Gasteiger partial charge in [-0.25, -0.2) is 0 Å². The van der Waals surface area contributed by atoms with Crippen molar-refractivity contribution < 1.29 is 0 Å². The highest BCUT2D eigenvalue weighted by Crippen LogP contribution is 2.26. The van der Waals surface area contributed by atoms with Gasteiger partial charge in [-0.3, -0.25) is 10.4 Å². The molecule has 4 nitrogen and oxygen atoms in total. The molecule has 0 fully saturated rings. The Bertz CT molecular complexity index is 537. The molecular formula is C14H16N4. The van der Waals surface area contributed by atoms with Crippen LogP contribution in [0.15, 0.2) is 48.8 Å². The van der Waals surface area contributed by atoms with Crippen LogP contribution in [0.2, 0.25) is 0 Å². The lowest BCUT2D eigenvalue weighted by Crippen LogP contribution is -2.22. The number of amidine groups is 1. The van der Waals surface area contributed by atoms with E-state index in [1.807, 2.05) is 30.3 Å². The monoisotopic (exact) mass is 240 g/mol. The number of nitrogens with zero attached hydrogens (tertiary/aromatic N) is 2.